The van der Waals surface area contributed by atoms with Crippen LogP contribution in [0.15, 0.2) is 48.5 Å². The van der Waals surface area contributed by atoms with Gasteiger partial charge in [0.1, 0.15) is 11.5 Å². The summed E-state index contributed by atoms with van der Waals surface area (Å²) < 4.78 is 38.1. The first-order valence-corrected chi connectivity index (χ1v) is 9.54. The Morgan fingerprint density at radius 1 is 0.792 bits per heavy atom. The zero-order valence-corrected chi connectivity index (χ0v) is 19.4. The summed E-state index contributed by atoms with van der Waals surface area (Å²) in [4.78, 5) is 17.9. The molecule has 10 heteroatoms. The Hall–Kier alpha value is -0.0486. The van der Waals surface area contributed by atoms with Gasteiger partial charge in [-0.25, -0.2) is 9.13 Å². The van der Waals surface area contributed by atoms with E-state index in [1.807, 2.05) is 13.8 Å². The molecule has 128 valence electrons. The van der Waals surface area contributed by atoms with Gasteiger partial charge in [-0.15, -0.1) is 0 Å². The van der Waals surface area contributed by atoms with Gasteiger partial charge in [-0.3, -0.25) is 0 Å². The third-order valence-electron chi connectivity index (χ3n) is 2.68. The second kappa shape index (κ2) is 9.05. The zero-order valence-electron chi connectivity index (χ0n) is 15.2. The minimum absolute atomic E-state index is 0. The summed E-state index contributed by atoms with van der Waals surface area (Å²) in [7, 11) is -9.67. The van der Waals surface area contributed by atoms with Crippen LogP contribution < -0.4 is 9.05 Å². The van der Waals surface area contributed by atoms with Crippen molar-refractivity contribution in [3.63, 3.8) is 0 Å². The molecular weight excluding hydrogens is 479 g/mol. The van der Waals surface area contributed by atoms with Gasteiger partial charge in [0.15, 0.2) is 0 Å². The topological polar surface area (TPSA) is 102 Å². The number of aryl methyl sites for hydroxylation is 2. The van der Waals surface area contributed by atoms with Crippen LogP contribution in [0, 0.1) is 13.8 Å². The first-order valence-electron chi connectivity index (χ1n) is 6.55. The van der Waals surface area contributed by atoms with Crippen molar-refractivity contribution in [3.05, 3.63) is 59.7 Å². The molecule has 0 spiro atoms. The molecule has 0 bridgehead atoms. The standard InChI is InChI=1S/C14H16O7P2.Ba.2H/c1-11-3-7-13(8-4-11)19-23(18,21-22(15,16)17)20-14-9-5-12(2)6-10-14;;;/h3-10H,1-2H3,(H2,15,16,17);;;/q;+2;2*-1. The van der Waals surface area contributed by atoms with Gasteiger partial charge in [-0.2, -0.15) is 4.31 Å². The summed E-state index contributed by atoms with van der Waals surface area (Å²) in [5.74, 6) is 0.194. The van der Waals surface area contributed by atoms with Crippen LogP contribution in [0.5, 0.6) is 11.5 Å². The molecular formula is C14H18BaO7P2. The molecule has 0 aliphatic carbocycles. The third-order valence-corrected chi connectivity index (χ3v) is 5.20. The van der Waals surface area contributed by atoms with Crippen LogP contribution in [-0.4, -0.2) is 58.7 Å². The number of phosphoric acid groups is 2. The molecule has 0 heterocycles. The van der Waals surface area contributed by atoms with Crippen LogP contribution in [0.2, 0.25) is 0 Å². The Morgan fingerprint density at radius 3 is 1.42 bits per heavy atom. The number of hydrogen-bond donors (Lipinski definition) is 2. The molecule has 2 aromatic carbocycles. The van der Waals surface area contributed by atoms with Crippen LogP contribution in [-0.2, 0) is 13.4 Å². The monoisotopic (exact) mass is 498 g/mol. The van der Waals surface area contributed by atoms with Gasteiger partial charge < -0.3 is 21.7 Å². The van der Waals surface area contributed by atoms with Gasteiger partial charge in [0, 0.05) is 0 Å². The van der Waals surface area contributed by atoms with E-state index in [4.69, 9.17) is 18.8 Å². The second-order valence-electron chi connectivity index (χ2n) is 4.83. The molecule has 0 unspecified atom stereocenters. The van der Waals surface area contributed by atoms with Crippen molar-refractivity contribution in [2.75, 3.05) is 0 Å². The fraction of sp³-hybridized carbons (Fsp3) is 0.143. The van der Waals surface area contributed by atoms with E-state index in [2.05, 4.69) is 4.31 Å². The molecule has 0 aliphatic heterocycles. The summed E-state index contributed by atoms with van der Waals surface area (Å²) in [6.07, 6.45) is 0. The molecule has 0 saturated carbocycles. The number of hydrogen-bond acceptors (Lipinski definition) is 5. The Labute approximate surface area is 183 Å². The van der Waals surface area contributed by atoms with Gasteiger partial charge in [0.05, 0.1) is 0 Å². The van der Waals surface area contributed by atoms with Gasteiger partial charge in [0.2, 0.25) is 0 Å². The van der Waals surface area contributed by atoms with E-state index < -0.39 is 15.6 Å². The van der Waals surface area contributed by atoms with Crippen LogP contribution in [0.25, 0.3) is 0 Å². The van der Waals surface area contributed by atoms with Crippen molar-refractivity contribution >= 4 is 64.5 Å². The fourth-order valence-electron chi connectivity index (χ4n) is 1.64. The van der Waals surface area contributed by atoms with Crippen LogP contribution >= 0.6 is 15.6 Å². The Morgan fingerprint density at radius 2 is 1.12 bits per heavy atom. The summed E-state index contributed by atoms with van der Waals surface area (Å²) in [6, 6.07) is 12.7. The maximum absolute atomic E-state index is 12.6. The number of benzene rings is 2. The molecule has 2 N–H and O–H groups in total. The number of rotatable bonds is 6. The Bertz CT molecular complexity index is 714. The molecule has 0 atom stereocenters. The predicted molar refractivity (Wildman–Crippen MR) is 92.3 cm³/mol. The molecule has 2 aromatic rings. The second-order valence-corrected chi connectivity index (χ2v) is 7.72. The normalized spacial score (nSPS) is 11.5. The largest absolute Gasteiger partial charge is 2.00 e. The fourth-order valence-corrected chi connectivity index (χ4v) is 3.74. The number of phosphoric ester groups is 1. The third kappa shape index (κ3) is 7.46. The minimum atomic E-state index is -5.09. The van der Waals surface area contributed by atoms with Crippen molar-refractivity contribution < 1.29 is 35.1 Å². The van der Waals surface area contributed by atoms with Crippen molar-refractivity contribution in [2.45, 2.75) is 13.8 Å². The average Bonchev–Trinajstić information content (AvgIpc) is 2.42. The van der Waals surface area contributed by atoms with Crippen LogP contribution in [0.4, 0.5) is 0 Å². The Kier molecular flexibility index (Phi) is 8.30. The van der Waals surface area contributed by atoms with E-state index in [0.717, 1.165) is 11.1 Å². The van der Waals surface area contributed by atoms with Crippen LogP contribution in [0.3, 0.4) is 0 Å². The van der Waals surface area contributed by atoms with Crippen molar-refractivity contribution in [3.8, 4) is 11.5 Å². The Balaban J connectivity index is 0. The molecule has 2 rings (SSSR count). The summed E-state index contributed by atoms with van der Waals surface area (Å²) in [5.41, 5.74) is 1.87. The molecule has 7 nitrogen and oxygen atoms in total. The van der Waals surface area contributed by atoms with Crippen molar-refractivity contribution in [1.82, 2.24) is 0 Å². The van der Waals surface area contributed by atoms with E-state index in [1.54, 1.807) is 24.3 Å². The maximum atomic E-state index is 12.6. The molecule has 0 saturated heterocycles. The predicted octanol–water partition coefficient (Wildman–Crippen LogP) is 3.82. The van der Waals surface area contributed by atoms with E-state index >= 15 is 0 Å². The average molecular weight is 498 g/mol. The van der Waals surface area contributed by atoms with Crippen molar-refractivity contribution in [2.24, 2.45) is 0 Å². The molecule has 24 heavy (non-hydrogen) atoms. The smallest absolute Gasteiger partial charge is 1.00 e. The van der Waals surface area contributed by atoms with E-state index in [-0.39, 0.29) is 63.2 Å². The summed E-state index contributed by atoms with van der Waals surface area (Å²) in [6.45, 7) is 3.69. The van der Waals surface area contributed by atoms with Crippen molar-refractivity contribution in [1.29, 1.82) is 0 Å². The quantitative estimate of drug-likeness (QED) is 0.462. The summed E-state index contributed by atoms with van der Waals surface area (Å²) in [5, 5.41) is 0. The maximum Gasteiger partial charge on any atom is 2.00 e. The van der Waals surface area contributed by atoms with Gasteiger partial charge in [-0.05, 0) is 38.1 Å². The zero-order chi connectivity index (χ0) is 17.1. The summed E-state index contributed by atoms with van der Waals surface area (Å²) >= 11 is 0. The molecule has 0 aliphatic rings. The first kappa shape index (κ1) is 22.0. The van der Waals surface area contributed by atoms with Gasteiger partial charge in [-0.1, -0.05) is 35.4 Å². The van der Waals surface area contributed by atoms with Crippen LogP contribution in [0.1, 0.15) is 14.0 Å². The van der Waals surface area contributed by atoms with E-state index in [0.29, 0.717) is 0 Å². The van der Waals surface area contributed by atoms with E-state index in [9.17, 15) is 9.13 Å². The molecule has 0 aromatic heterocycles. The van der Waals surface area contributed by atoms with Gasteiger partial charge in [0.25, 0.3) is 0 Å². The molecule has 0 amide bonds. The molecule has 0 radical (unpaired) electrons. The van der Waals surface area contributed by atoms with Gasteiger partial charge >= 0.3 is 64.5 Å². The SMILES string of the molecule is Cc1ccc(OP(=O)(Oc2ccc(C)cc2)OP(=O)(O)O)cc1.[Ba+2].[H-].[H-]. The first-order chi connectivity index (χ1) is 10.7. The minimum Gasteiger partial charge on any atom is -1.00 e. The van der Waals surface area contributed by atoms with E-state index in [1.165, 1.54) is 24.3 Å². The molecule has 0 fully saturated rings.